The third kappa shape index (κ3) is 7.50. The molecular weight excluding hydrogens is 256 g/mol. The smallest absolute Gasteiger partial charge is 0.0452 e. The average molecular weight is 293 g/mol. The summed E-state index contributed by atoms with van der Waals surface area (Å²) in [4.78, 5) is 6.94. The van der Waals surface area contributed by atoms with Crippen molar-refractivity contribution in [1.82, 2.24) is 4.90 Å². The van der Waals surface area contributed by atoms with E-state index in [0.717, 1.165) is 25.3 Å². The van der Waals surface area contributed by atoms with Gasteiger partial charge in [-0.15, -0.1) is 0 Å². The van der Waals surface area contributed by atoms with E-state index >= 15 is 0 Å². The molecule has 0 aromatic heterocycles. The molecule has 0 N–H and O–H groups in total. The molecule has 2 nitrogen and oxygen atoms in total. The van der Waals surface area contributed by atoms with E-state index in [1.165, 1.54) is 42.7 Å². The van der Waals surface area contributed by atoms with Crippen molar-refractivity contribution < 1.29 is 0 Å². The fourth-order valence-electron chi connectivity index (χ4n) is 2.83. The molecule has 21 heavy (non-hydrogen) atoms. The molecule has 122 valence electrons. The van der Waals surface area contributed by atoms with Crippen LogP contribution in [0.5, 0.6) is 0 Å². The van der Waals surface area contributed by atoms with Gasteiger partial charge in [-0.05, 0) is 44.1 Å². The van der Waals surface area contributed by atoms with E-state index in [4.69, 9.17) is 0 Å². The maximum atomic E-state index is 4.59. The Morgan fingerprint density at radius 1 is 1.19 bits per heavy atom. The van der Waals surface area contributed by atoms with Crippen LogP contribution in [-0.2, 0) is 0 Å². The first kappa shape index (κ1) is 19.9. The molecule has 1 atom stereocenters. The van der Waals surface area contributed by atoms with Crippen molar-refractivity contribution in [2.24, 2.45) is 10.9 Å². The quantitative estimate of drug-likeness (QED) is 0.438. The Kier molecular flexibility index (Phi) is 11.0. The highest BCUT2D eigenvalue weighted by atomic mass is 15.1. The minimum absolute atomic E-state index is 0.775. The van der Waals surface area contributed by atoms with Crippen molar-refractivity contribution in [1.29, 1.82) is 0 Å². The van der Waals surface area contributed by atoms with Crippen molar-refractivity contribution in [3.63, 3.8) is 0 Å². The Hall–Kier alpha value is -1.05. The molecule has 0 aromatic carbocycles. The van der Waals surface area contributed by atoms with Gasteiger partial charge in [-0.1, -0.05) is 47.1 Å². The second-order valence-corrected chi connectivity index (χ2v) is 6.03. The molecule has 0 aliphatic heterocycles. The van der Waals surface area contributed by atoms with Crippen LogP contribution < -0.4 is 0 Å². The van der Waals surface area contributed by atoms with Crippen LogP contribution in [-0.4, -0.2) is 24.2 Å². The molecule has 0 aromatic rings. The first-order valence-electron chi connectivity index (χ1n) is 8.60. The lowest BCUT2D eigenvalue weighted by Gasteiger charge is -2.24. The summed E-state index contributed by atoms with van der Waals surface area (Å²) in [5, 5.41) is 0. The Balaban J connectivity index is 5.08. The molecule has 0 amide bonds. The lowest BCUT2D eigenvalue weighted by molar-refractivity contribution is 0.413. The monoisotopic (exact) mass is 292 g/mol. The van der Waals surface area contributed by atoms with Crippen LogP contribution in [0.3, 0.4) is 0 Å². The van der Waals surface area contributed by atoms with Crippen molar-refractivity contribution in [3.05, 3.63) is 24.0 Å². The maximum absolute atomic E-state index is 4.59. The molecule has 1 unspecified atom stereocenters. The van der Waals surface area contributed by atoms with Crippen LogP contribution in [0.1, 0.15) is 73.1 Å². The Labute approximate surface area is 133 Å². The third-order valence-corrected chi connectivity index (χ3v) is 4.17. The van der Waals surface area contributed by atoms with Crippen LogP contribution in [0.2, 0.25) is 0 Å². The van der Waals surface area contributed by atoms with Crippen LogP contribution in [0.15, 0.2) is 29.0 Å². The molecule has 0 rings (SSSR count). The van der Waals surface area contributed by atoms with Gasteiger partial charge in [0.25, 0.3) is 0 Å². The Morgan fingerprint density at radius 2 is 1.86 bits per heavy atom. The van der Waals surface area contributed by atoms with Gasteiger partial charge in [0, 0.05) is 31.2 Å². The van der Waals surface area contributed by atoms with Gasteiger partial charge < -0.3 is 4.90 Å². The highest BCUT2D eigenvalue weighted by Crippen LogP contribution is 2.20. The summed E-state index contributed by atoms with van der Waals surface area (Å²) in [6.45, 7) is 16.2. The fraction of sp³-hybridized carbons (Fsp3) is 0.737. The Morgan fingerprint density at radius 3 is 2.33 bits per heavy atom. The second-order valence-electron chi connectivity index (χ2n) is 6.03. The lowest BCUT2D eigenvalue weighted by Crippen LogP contribution is -2.21. The minimum Gasteiger partial charge on any atom is -0.378 e. The predicted molar refractivity (Wildman–Crippen MR) is 96.9 cm³/mol. The number of hydrogen-bond donors (Lipinski definition) is 0. The number of allylic oxidation sites excluding steroid dienone is 2. The third-order valence-electron chi connectivity index (χ3n) is 4.17. The van der Waals surface area contributed by atoms with Gasteiger partial charge in [0.05, 0.1) is 0 Å². The van der Waals surface area contributed by atoms with Crippen molar-refractivity contribution in [2.75, 3.05) is 13.6 Å². The van der Waals surface area contributed by atoms with E-state index in [-0.39, 0.29) is 0 Å². The van der Waals surface area contributed by atoms with Crippen LogP contribution in [0, 0.1) is 5.92 Å². The molecule has 0 bridgehead atoms. The first-order valence-corrected chi connectivity index (χ1v) is 8.60. The van der Waals surface area contributed by atoms with Gasteiger partial charge in [0.2, 0.25) is 0 Å². The largest absolute Gasteiger partial charge is 0.378 e. The molecule has 0 aliphatic rings. The van der Waals surface area contributed by atoms with Gasteiger partial charge in [-0.2, -0.15) is 0 Å². The van der Waals surface area contributed by atoms with Gasteiger partial charge in [-0.3, -0.25) is 4.99 Å². The summed E-state index contributed by atoms with van der Waals surface area (Å²) < 4.78 is 0. The van der Waals surface area contributed by atoms with E-state index < -0.39 is 0 Å². The molecule has 0 saturated carbocycles. The normalized spacial score (nSPS) is 14.7. The number of nitrogens with zero attached hydrogens (tertiary/aromatic N) is 2. The summed E-state index contributed by atoms with van der Waals surface area (Å²) in [5.74, 6) is 0.775. The molecular formula is C19H36N2. The van der Waals surface area contributed by atoms with Crippen LogP contribution in [0.4, 0.5) is 0 Å². The van der Waals surface area contributed by atoms with E-state index in [2.05, 4.69) is 58.1 Å². The predicted octanol–water partition coefficient (Wildman–Crippen LogP) is 5.81. The zero-order chi connectivity index (χ0) is 16.3. The maximum Gasteiger partial charge on any atom is 0.0452 e. The molecule has 0 spiro atoms. The van der Waals surface area contributed by atoms with Crippen molar-refractivity contribution in [2.45, 2.75) is 73.1 Å². The SMILES string of the molecule is C=CN=C(CCC(C)CCC)/C(CC)=C(\C)N(C)CCC. The fourth-order valence-corrected chi connectivity index (χ4v) is 2.83. The van der Waals surface area contributed by atoms with Crippen molar-refractivity contribution >= 4 is 5.71 Å². The number of hydrogen-bond acceptors (Lipinski definition) is 2. The second kappa shape index (κ2) is 11.6. The summed E-state index contributed by atoms with van der Waals surface area (Å²) >= 11 is 0. The number of rotatable bonds is 11. The zero-order valence-corrected chi connectivity index (χ0v) is 15.2. The topological polar surface area (TPSA) is 15.6 Å². The molecule has 0 aliphatic carbocycles. The zero-order valence-electron chi connectivity index (χ0n) is 15.2. The molecule has 0 heterocycles. The van der Waals surface area contributed by atoms with Gasteiger partial charge in [0.1, 0.15) is 0 Å². The molecule has 0 fully saturated rings. The van der Waals surface area contributed by atoms with Crippen LogP contribution >= 0.6 is 0 Å². The number of aliphatic imine (C=N–C) groups is 1. The lowest BCUT2D eigenvalue weighted by atomic mass is 9.94. The highest BCUT2D eigenvalue weighted by Gasteiger charge is 2.13. The first-order chi connectivity index (χ1) is 10.0. The molecule has 2 heteroatoms. The van der Waals surface area contributed by atoms with Gasteiger partial charge in [-0.25, -0.2) is 0 Å². The van der Waals surface area contributed by atoms with E-state index in [1.54, 1.807) is 6.20 Å². The van der Waals surface area contributed by atoms with Gasteiger partial charge in [0.15, 0.2) is 0 Å². The molecule has 0 saturated heterocycles. The average Bonchev–Trinajstić information content (AvgIpc) is 2.45. The van der Waals surface area contributed by atoms with E-state index in [9.17, 15) is 0 Å². The van der Waals surface area contributed by atoms with Crippen LogP contribution in [0.25, 0.3) is 0 Å². The summed E-state index contributed by atoms with van der Waals surface area (Å²) in [6.07, 6.45) is 8.76. The highest BCUT2D eigenvalue weighted by molar-refractivity contribution is 6.00. The summed E-state index contributed by atoms with van der Waals surface area (Å²) in [6, 6.07) is 0. The summed E-state index contributed by atoms with van der Waals surface area (Å²) in [5.41, 5.74) is 3.99. The van der Waals surface area contributed by atoms with E-state index in [0.29, 0.717) is 0 Å². The molecule has 0 radical (unpaired) electrons. The standard InChI is InChI=1S/C19H36N2/c1-8-12-16(5)13-14-19(20-11-4)18(10-3)17(6)21(7)15-9-2/h11,16H,4,8-10,12-15H2,1-3,5-7H3/b18-17+,20-19?. The summed E-state index contributed by atoms with van der Waals surface area (Å²) in [7, 11) is 2.18. The minimum atomic E-state index is 0.775. The van der Waals surface area contributed by atoms with E-state index in [1.807, 2.05) is 0 Å². The van der Waals surface area contributed by atoms with Crippen molar-refractivity contribution in [3.8, 4) is 0 Å². The van der Waals surface area contributed by atoms with Gasteiger partial charge >= 0.3 is 0 Å². The Bertz CT molecular complexity index is 353.